The summed E-state index contributed by atoms with van der Waals surface area (Å²) in [6, 6.07) is 15.8. The third-order valence-electron chi connectivity index (χ3n) is 7.33. The number of hydrogen-bond donors (Lipinski definition) is 1. The Morgan fingerprint density at radius 1 is 0.967 bits per heavy atom. The normalized spacial score (nSPS) is 33.0. The van der Waals surface area contributed by atoms with Crippen LogP contribution in [0.2, 0.25) is 0 Å². The maximum atomic E-state index is 14.0. The zero-order valence-corrected chi connectivity index (χ0v) is 16.7. The second kappa shape index (κ2) is 5.88. The standard InChI is InChI=1S/C22H20F2O5S/c23-21(24,30(25,26)27)11-13-9-12-10-16(13)20-19(12)28-22(29-20)17-7-3-1-5-14(17)15-6-2-4-8-18(15)22/h1-8,12-13,16,19-20H,9-11H2,(H,25,26,27). The fraction of sp³-hybridized carbons (Fsp3) is 0.455. The van der Waals surface area contributed by atoms with Crippen molar-refractivity contribution in [2.45, 2.75) is 42.5 Å². The van der Waals surface area contributed by atoms with Crippen molar-refractivity contribution in [1.29, 1.82) is 0 Å². The van der Waals surface area contributed by atoms with Crippen LogP contribution in [0.3, 0.4) is 0 Å². The molecule has 3 aliphatic carbocycles. The van der Waals surface area contributed by atoms with Gasteiger partial charge in [0.2, 0.25) is 5.79 Å². The number of benzene rings is 2. The van der Waals surface area contributed by atoms with Crippen LogP contribution in [-0.4, -0.2) is 30.4 Å². The largest absolute Gasteiger partial charge is 0.370 e. The van der Waals surface area contributed by atoms with E-state index in [1.54, 1.807) is 0 Å². The lowest BCUT2D eigenvalue weighted by Crippen LogP contribution is -2.39. The van der Waals surface area contributed by atoms with Gasteiger partial charge in [-0.1, -0.05) is 48.5 Å². The lowest BCUT2D eigenvalue weighted by Gasteiger charge is -2.30. The van der Waals surface area contributed by atoms with E-state index in [2.05, 4.69) is 0 Å². The van der Waals surface area contributed by atoms with Crippen molar-refractivity contribution in [3.8, 4) is 11.1 Å². The summed E-state index contributed by atoms with van der Waals surface area (Å²) in [6.45, 7) is 0. The monoisotopic (exact) mass is 434 g/mol. The average molecular weight is 434 g/mol. The van der Waals surface area contributed by atoms with Crippen molar-refractivity contribution in [1.82, 2.24) is 0 Å². The van der Waals surface area contributed by atoms with E-state index in [4.69, 9.17) is 14.0 Å². The van der Waals surface area contributed by atoms with Crippen molar-refractivity contribution < 1.29 is 31.2 Å². The molecule has 4 aliphatic rings. The fourth-order valence-corrected chi connectivity index (χ4v) is 6.59. The molecule has 5 atom stereocenters. The van der Waals surface area contributed by atoms with Crippen molar-refractivity contribution in [2.75, 3.05) is 0 Å². The molecule has 1 spiro atoms. The van der Waals surface area contributed by atoms with Gasteiger partial charge >= 0.3 is 15.4 Å². The van der Waals surface area contributed by atoms with Crippen LogP contribution in [0.4, 0.5) is 8.78 Å². The van der Waals surface area contributed by atoms with Crippen molar-refractivity contribution >= 4 is 10.1 Å². The highest BCUT2D eigenvalue weighted by atomic mass is 32.2. The minimum absolute atomic E-state index is 0.0292. The molecule has 8 heteroatoms. The SMILES string of the molecule is O=S(=O)(O)C(F)(F)CC1CC2CC1C1OC3(OC21)c1ccccc1-c1ccccc13. The summed E-state index contributed by atoms with van der Waals surface area (Å²) >= 11 is 0. The van der Waals surface area contributed by atoms with Crippen LogP contribution in [-0.2, 0) is 25.4 Å². The summed E-state index contributed by atoms with van der Waals surface area (Å²) in [7, 11) is -5.44. The van der Waals surface area contributed by atoms with E-state index in [0.717, 1.165) is 22.3 Å². The van der Waals surface area contributed by atoms with Gasteiger partial charge in [-0.2, -0.15) is 17.2 Å². The van der Waals surface area contributed by atoms with E-state index in [-0.39, 0.29) is 24.0 Å². The Kier molecular flexibility index (Phi) is 3.70. The first-order valence-corrected chi connectivity index (χ1v) is 11.6. The number of hydrogen-bond acceptors (Lipinski definition) is 4. The summed E-state index contributed by atoms with van der Waals surface area (Å²) in [5, 5.41) is -4.15. The molecule has 1 saturated heterocycles. The van der Waals surface area contributed by atoms with Gasteiger partial charge in [0.25, 0.3) is 0 Å². The highest BCUT2D eigenvalue weighted by molar-refractivity contribution is 7.86. The molecule has 2 aromatic rings. The van der Waals surface area contributed by atoms with Gasteiger partial charge in [0.15, 0.2) is 0 Å². The van der Waals surface area contributed by atoms with E-state index in [1.165, 1.54) is 0 Å². The Morgan fingerprint density at radius 3 is 2.13 bits per heavy atom. The summed E-state index contributed by atoms with van der Waals surface area (Å²) in [4.78, 5) is 0. The number of ether oxygens (including phenoxy) is 2. The molecule has 158 valence electrons. The predicted octanol–water partition coefficient (Wildman–Crippen LogP) is 4.18. The van der Waals surface area contributed by atoms with Gasteiger partial charge in [-0.15, -0.1) is 0 Å². The van der Waals surface area contributed by atoms with Crippen LogP contribution < -0.4 is 0 Å². The molecule has 0 radical (unpaired) electrons. The Balaban J connectivity index is 1.36. The first kappa shape index (κ1) is 18.9. The number of rotatable bonds is 3. The van der Waals surface area contributed by atoms with Crippen molar-refractivity contribution in [3.05, 3.63) is 59.7 Å². The van der Waals surface area contributed by atoms with Gasteiger partial charge in [0.05, 0.1) is 12.2 Å². The molecule has 0 aromatic heterocycles. The predicted molar refractivity (Wildman–Crippen MR) is 103 cm³/mol. The molecule has 6 rings (SSSR count). The topological polar surface area (TPSA) is 72.8 Å². The van der Waals surface area contributed by atoms with Crippen LogP contribution in [0.15, 0.2) is 48.5 Å². The van der Waals surface area contributed by atoms with Gasteiger partial charge in [-0.05, 0) is 41.7 Å². The Labute approximate surface area is 172 Å². The zero-order chi connectivity index (χ0) is 20.9. The fourth-order valence-electron chi connectivity index (χ4n) is 6.17. The van der Waals surface area contributed by atoms with Gasteiger partial charge in [0.1, 0.15) is 0 Å². The highest BCUT2D eigenvalue weighted by Gasteiger charge is 2.66. The molecule has 5 nitrogen and oxygen atoms in total. The molecule has 3 fully saturated rings. The zero-order valence-electron chi connectivity index (χ0n) is 15.9. The van der Waals surface area contributed by atoms with E-state index in [1.807, 2.05) is 48.5 Å². The molecule has 1 aliphatic heterocycles. The molecule has 5 unspecified atom stereocenters. The third kappa shape index (κ3) is 2.33. The first-order valence-electron chi connectivity index (χ1n) is 10.1. The minimum atomic E-state index is -5.44. The van der Waals surface area contributed by atoms with E-state index < -0.39 is 33.5 Å². The van der Waals surface area contributed by atoms with Crippen molar-refractivity contribution in [2.24, 2.45) is 17.8 Å². The van der Waals surface area contributed by atoms with Crippen LogP contribution in [0, 0.1) is 17.8 Å². The Morgan fingerprint density at radius 2 is 1.53 bits per heavy atom. The summed E-state index contributed by atoms with van der Waals surface area (Å²) in [6.07, 6.45) is -0.379. The molecule has 2 bridgehead atoms. The van der Waals surface area contributed by atoms with Gasteiger partial charge < -0.3 is 9.47 Å². The van der Waals surface area contributed by atoms with Crippen LogP contribution >= 0.6 is 0 Å². The summed E-state index contributed by atoms with van der Waals surface area (Å²) in [5.74, 6) is -1.80. The second-order valence-corrected chi connectivity index (χ2v) is 10.4. The van der Waals surface area contributed by atoms with E-state index >= 15 is 0 Å². The quantitative estimate of drug-likeness (QED) is 0.734. The Hall–Kier alpha value is -1.87. The smallest absolute Gasteiger partial charge is 0.336 e. The van der Waals surface area contributed by atoms with Crippen LogP contribution in [0.5, 0.6) is 0 Å². The first-order chi connectivity index (χ1) is 14.2. The molecule has 30 heavy (non-hydrogen) atoms. The third-order valence-corrected chi connectivity index (χ3v) is 8.25. The van der Waals surface area contributed by atoms with Gasteiger partial charge in [0, 0.05) is 17.5 Å². The molecule has 2 aromatic carbocycles. The molecule has 2 saturated carbocycles. The molecule has 1 N–H and O–H groups in total. The maximum Gasteiger partial charge on any atom is 0.370 e. The highest BCUT2D eigenvalue weighted by Crippen LogP contribution is 2.63. The molecule has 0 amide bonds. The molecular formula is C22H20F2O5S. The van der Waals surface area contributed by atoms with Gasteiger partial charge in [-0.3, -0.25) is 4.55 Å². The lowest BCUT2D eigenvalue weighted by molar-refractivity contribution is -0.159. The molecular weight excluding hydrogens is 414 g/mol. The second-order valence-electron chi connectivity index (χ2n) is 8.84. The number of alkyl halides is 2. The van der Waals surface area contributed by atoms with E-state index in [9.17, 15) is 17.2 Å². The summed E-state index contributed by atoms with van der Waals surface area (Å²) in [5.41, 5.74) is 3.91. The maximum absolute atomic E-state index is 14.0. The minimum Gasteiger partial charge on any atom is -0.336 e. The summed E-state index contributed by atoms with van der Waals surface area (Å²) < 4.78 is 72.3. The average Bonchev–Trinajstić information content (AvgIpc) is 3.42. The van der Waals surface area contributed by atoms with Crippen molar-refractivity contribution in [3.63, 3.8) is 0 Å². The van der Waals surface area contributed by atoms with Crippen LogP contribution in [0.1, 0.15) is 30.4 Å². The van der Waals surface area contributed by atoms with Crippen LogP contribution in [0.25, 0.3) is 11.1 Å². The van der Waals surface area contributed by atoms with Gasteiger partial charge in [-0.25, -0.2) is 0 Å². The Bertz CT molecular complexity index is 1100. The number of halogens is 2. The number of fused-ring (bicyclic) bond motifs is 10. The van der Waals surface area contributed by atoms with E-state index in [0.29, 0.717) is 12.8 Å². The molecule has 1 heterocycles. The lowest BCUT2D eigenvalue weighted by atomic mass is 9.83.